The normalized spacial score (nSPS) is 21.1. The van der Waals surface area contributed by atoms with Crippen molar-refractivity contribution in [2.24, 2.45) is 11.7 Å². The highest BCUT2D eigenvalue weighted by Gasteiger charge is 2.16. The van der Waals surface area contributed by atoms with Gasteiger partial charge in [0.25, 0.3) is 0 Å². The molecule has 1 aliphatic carbocycles. The highest BCUT2D eigenvalue weighted by molar-refractivity contribution is 5.79. The Labute approximate surface area is 73.7 Å². The summed E-state index contributed by atoms with van der Waals surface area (Å²) in [5.41, 5.74) is 5.12. The van der Waals surface area contributed by atoms with E-state index in [0.717, 1.165) is 12.5 Å². The van der Waals surface area contributed by atoms with Crippen LogP contribution in [0.2, 0.25) is 0 Å². The van der Waals surface area contributed by atoms with Gasteiger partial charge in [-0.05, 0) is 32.2 Å². The van der Waals surface area contributed by atoms with Gasteiger partial charge in [0.2, 0.25) is 5.91 Å². The summed E-state index contributed by atoms with van der Waals surface area (Å²) in [6.45, 7) is 2.77. The molecule has 0 heterocycles. The fourth-order valence-corrected chi connectivity index (χ4v) is 1.66. The Morgan fingerprint density at radius 1 is 1.58 bits per heavy atom. The molecule has 0 aromatic rings. The Morgan fingerprint density at radius 2 is 2.17 bits per heavy atom. The predicted octanol–water partition coefficient (Wildman–Crippen LogP) is 0.640. The Hall–Kier alpha value is -0.570. The Balaban J connectivity index is 2.11. The first kappa shape index (κ1) is 9.52. The molecule has 0 saturated heterocycles. The maximum absolute atomic E-state index is 10.7. The minimum absolute atomic E-state index is 0.175. The smallest absolute Gasteiger partial charge is 0.234 e. The summed E-state index contributed by atoms with van der Waals surface area (Å²) in [7, 11) is 0. The summed E-state index contributed by atoms with van der Waals surface area (Å²) >= 11 is 0. The van der Waals surface area contributed by atoms with Gasteiger partial charge in [0.1, 0.15) is 0 Å². The quantitative estimate of drug-likeness (QED) is 0.650. The number of nitrogens with one attached hydrogen (secondary N) is 1. The van der Waals surface area contributed by atoms with Crippen molar-refractivity contribution in [3.05, 3.63) is 0 Å². The van der Waals surface area contributed by atoms with E-state index in [1.54, 1.807) is 0 Å². The van der Waals surface area contributed by atoms with Crippen molar-refractivity contribution in [3.8, 4) is 0 Å². The second kappa shape index (κ2) is 4.45. The number of hydrogen-bond acceptors (Lipinski definition) is 2. The van der Waals surface area contributed by atoms with Crippen LogP contribution < -0.4 is 11.1 Å². The van der Waals surface area contributed by atoms with Crippen LogP contribution >= 0.6 is 0 Å². The van der Waals surface area contributed by atoms with Gasteiger partial charge in [-0.25, -0.2) is 0 Å². The van der Waals surface area contributed by atoms with Crippen molar-refractivity contribution in [3.63, 3.8) is 0 Å². The molecule has 1 amide bonds. The Bertz CT molecular complexity index is 153. The first-order chi connectivity index (χ1) is 5.70. The minimum atomic E-state index is -0.256. The SMILES string of the molecule is C[C@H](NCC1CCCC1)C(N)=O. The average Bonchev–Trinajstić information content (AvgIpc) is 2.51. The third-order valence-corrected chi connectivity index (χ3v) is 2.61. The van der Waals surface area contributed by atoms with Crippen LogP contribution in [0.3, 0.4) is 0 Å². The molecule has 0 unspecified atom stereocenters. The lowest BCUT2D eigenvalue weighted by Crippen LogP contribution is -2.40. The van der Waals surface area contributed by atoms with Crippen LogP contribution in [0, 0.1) is 5.92 Å². The maximum atomic E-state index is 10.7. The van der Waals surface area contributed by atoms with E-state index in [4.69, 9.17) is 5.73 Å². The van der Waals surface area contributed by atoms with Crippen LogP contribution in [0.4, 0.5) is 0 Å². The highest BCUT2D eigenvalue weighted by atomic mass is 16.1. The minimum Gasteiger partial charge on any atom is -0.368 e. The topological polar surface area (TPSA) is 55.1 Å². The lowest BCUT2D eigenvalue weighted by molar-refractivity contribution is -0.119. The zero-order valence-corrected chi connectivity index (χ0v) is 7.68. The van der Waals surface area contributed by atoms with Gasteiger partial charge in [0, 0.05) is 0 Å². The number of carbonyl (C=O) groups is 1. The summed E-state index contributed by atoms with van der Waals surface area (Å²) in [5, 5.41) is 3.15. The lowest BCUT2D eigenvalue weighted by Gasteiger charge is -2.13. The van der Waals surface area contributed by atoms with E-state index in [0.29, 0.717) is 0 Å². The van der Waals surface area contributed by atoms with Gasteiger partial charge in [0.15, 0.2) is 0 Å². The van der Waals surface area contributed by atoms with Gasteiger partial charge in [-0.1, -0.05) is 12.8 Å². The molecule has 1 rings (SSSR count). The van der Waals surface area contributed by atoms with Crippen molar-refractivity contribution in [2.75, 3.05) is 6.54 Å². The number of hydrogen-bond donors (Lipinski definition) is 2. The molecule has 0 radical (unpaired) electrons. The second-order valence-electron chi connectivity index (χ2n) is 3.68. The third kappa shape index (κ3) is 2.81. The van der Waals surface area contributed by atoms with Crippen molar-refractivity contribution < 1.29 is 4.79 Å². The molecule has 3 nitrogen and oxygen atoms in total. The van der Waals surface area contributed by atoms with E-state index in [9.17, 15) is 4.79 Å². The van der Waals surface area contributed by atoms with Gasteiger partial charge >= 0.3 is 0 Å². The third-order valence-electron chi connectivity index (χ3n) is 2.61. The van der Waals surface area contributed by atoms with Crippen LogP contribution in [0.5, 0.6) is 0 Å². The van der Waals surface area contributed by atoms with E-state index in [2.05, 4.69) is 5.32 Å². The molecule has 0 aliphatic heterocycles. The molecule has 0 aromatic carbocycles. The maximum Gasteiger partial charge on any atom is 0.234 e. The zero-order valence-electron chi connectivity index (χ0n) is 7.68. The highest BCUT2D eigenvalue weighted by Crippen LogP contribution is 2.23. The molecule has 1 saturated carbocycles. The molecule has 0 bridgehead atoms. The molecular weight excluding hydrogens is 152 g/mol. The summed E-state index contributed by atoms with van der Waals surface area (Å²) in [6, 6.07) is -0.175. The fraction of sp³-hybridized carbons (Fsp3) is 0.889. The zero-order chi connectivity index (χ0) is 8.97. The molecule has 3 heteroatoms. The number of amides is 1. The molecule has 1 fully saturated rings. The van der Waals surface area contributed by atoms with E-state index in [1.807, 2.05) is 6.92 Å². The van der Waals surface area contributed by atoms with Gasteiger partial charge < -0.3 is 11.1 Å². The lowest BCUT2D eigenvalue weighted by atomic mass is 10.1. The standard InChI is InChI=1S/C9H18N2O/c1-7(9(10)12)11-6-8-4-2-3-5-8/h7-8,11H,2-6H2,1H3,(H2,10,12)/t7-/m0/s1. The predicted molar refractivity (Wildman–Crippen MR) is 48.6 cm³/mol. The van der Waals surface area contributed by atoms with Gasteiger partial charge in [-0.3, -0.25) is 4.79 Å². The van der Waals surface area contributed by atoms with Crippen molar-refractivity contribution >= 4 is 5.91 Å². The summed E-state index contributed by atoms with van der Waals surface area (Å²) in [5.74, 6) is 0.514. The molecule has 1 aliphatic rings. The van der Waals surface area contributed by atoms with Gasteiger partial charge in [0.05, 0.1) is 6.04 Å². The first-order valence-corrected chi connectivity index (χ1v) is 4.73. The Morgan fingerprint density at radius 3 is 2.67 bits per heavy atom. The van der Waals surface area contributed by atoms with Crippen molar-refractivity contribution in [1.29, 1.82) is 0 Å². The second-order valence-corrected chi connectivity index (χ2v) is 3.68. The van der Waals surface area contributed by atoms with Crippen LogP contribution in [0.1, 0.15) is 32.6 Å². The molecule has 0 spiro atoms. The van der Waals surface area contributed by atoms with E-state index >= 15 is 0 Å². The van der Waals surface area contributed by atoms with Gasteiger partial charge in [-0.15, -0.1) is 0 Å². The monoisotopic (exact) mass is 170 g/mol. The van der Waals surface area contributed by atoms with E-state index in [1.165, 1.54) is 25.7 Å². The molecule has 0 aromatic heterocycles. The molecular formula is C9H18N2O. The Kier molecular flexibility index (Phi) is 3.53. The van der Waals surface area contributed by atoms with E-state index < -0.39 is 0 Å². The number of carbonyl (C=O) groups excluding carboxylic acids is 1. The number of primary amides is 1. The van der Waals surface area contributed by atoms with Crippen LogP contribution in [0.25, 0.3) is 0 Å². The van der Waals surface area contributed by atoms with Crippen molar-refractivity contribution in [1.82, 2.24) is 5.32 Å². The largest absolute Gasteiger partial charge is 0.368 e. The van der Waals surface area contributed by atoms with Crippen LogP contribution in [-0.4, -0.2) is 18.5 Å². The average molecular weight is 170 g/mol. The number of rotatable bonds is 4. The van der Waals surface area contributed by atoms with Crippen LogP contribution in [-0.2, 0) is 4.79 Å². The molecule has 12 heavy (non-hydrogen) atoms. The molecule has 1 atom stereocenters. The summed E-state index contributed by atoms with van der Waals surface area (Å²) in [4.78, 5) is 10.7. The fourth-order valence-electron chi connectivity index (χ4n) is 1.66. The van der Waals surface area contributed by atoms with Gasteiger partial charge in [-0.2, -0.15) is 0 Å². The summed E-state index contributed by atoms with van der Waals surface area (Å²) in [6.07, 6.45) is 5.30. The van der Waals surface area contributed by atoms with E-state index in [-0.39, 0.29) is 11.9 Å². The number of nitrogens with two attached hydrogens (primary N) is 1. The molecule has 70 valence electrons. The van der Waals surface area contributed by atoms with Crippen molar-refractivity contribution in [2.45, 2.75) is 38.6 Å². The molecule has 3 N–H and O–H groups in total. The summed E-state index contributed by atoms with van der Waals surface area (Å²) < 4.78 is 0. The first-order valence-electron chi connectivity index (χ1n) is 4.73. The van der Waals surface area contributed by atoms with Crippen LogP contribution in [0.15, 0.2) is 0 Å².